The van der Waals surface area contributed by atoms with Crippen LogP contribution in [0.3, 0.4) is 0 Å². The van der Waals surface area contributed by atoms with E-state index in [0.717, 1.165) is 0 Å². The van der Waals surface area contributed by atoms with Crippen molar-refractivity contribution in [2.45, 2.75) is 44.7 Å². The molecule has 7 heteroatoms. The van der Waals surface area contributed by atoms with Crippen molar-refractivity contribution < 1.29 is 26.7 Å². The summed E-state index contributed by atoms with van der Waals surface area (Å²) in [5.41, 5.74) is 0. The predicted molar refractivity (Wildman–Crippen MR) is 52.8 cm³/mol. The molecule has 0 aliphatic rings. The summed E-state index contributed by atoms with van der Waals surface area (Å²) in [6.45, 7) is 1.58. The van der Waals surface area contributed by atoms with Crippen molar-refractivity contribution >= 4 is 16.9 Å². The van der Waals surface area contributed by atoms with Crippen LogP contribution in [-0.2, 0) is 4.79 Å². The molecule has 0 aromatic carbocycles. The SMILES string of the molecule is CC(=O)SCCC(F)(F)C(F)CC(C)(F)F. The Balaban J connectivity index is 4.15. The van der Waals surface area contributed by atoms with Crippen molar-refractivity contribution in [2.75, 3.05) is 5.75 Å². The number of alkyl halides is 5. The lowest BCUT2D eigenvalue weighted by Gasteiger charge is -2.22. The monoisotopic (exact) mass is 264 g/mol. The van der Waals surface area contributed by atoms with E-state index < -0.39 is 30.9 Å². The second kappa shape index (κ2) is 5.84. The summed E-state index contributed by atoms with van der Waals surface area (Å²) in [6.07, 6.45) is -5.32. The second-order valence-electron chi connectivity index (χ2n) is 3.59. The van der Waals surface area contributed by atoms with Gasteiger partial charge in [-0.1, -0.05) is 11.8 Å². The number of carbonyl (C=O) groups excluding carboxylic acids is 1. The Morgan fingerprint density at radius 3 is 2.19 bits per heavy atom. The summed E-state index contributed by atoms with van der Waals surface area (Å²) in [6, 6.07) is 0. The third-order valence-electron chi connectivity index (χ3n) is 1.74. The van der Waals surface area contributed by atoms with Gasteiger partial charge in [-0.25, -0.2) is 22.0 Å². The Kier molecular flexibility index (Phi) is 5.72. The summed E-state index contributed by atoms with van der Waals surface area (Å²) >= 11 is 0.620. The van der Waals surface area contributed by atoms with Gasteiger partial charge in [-0.2, -0.15) is 0 Å². The third kappa shape index (κ3) is 7.03. The van der Waals surface area contributed by atoms with E-state index in [1.54, 1.807) is 0 Å². The topological polar surface area (TPSA) is 17.1 Å². The normalized spacial score (nSPS) is 14.9. The molecule has 0 rings (SSSR count). The summed E-state index contributed by atoms with van der Waals surface area (Å²) in [5, 5.41) is -0.368. The number of rotatable bonds is 6. The molecule has 0 N–H and O–H groups in total. The first-order valence-corrected chi connectivity index (χ1v) is 5.56. The molecule has 0 spiro atoms. The molecule has 0 aromatic heterocycles. The molecule has 1 nitrogen and oxygen atoms in total. The minimum absolute atomic E-state index is 0.280. The standard InChI is InChI=1S/C9H13F5OS/c1-6(15)16-4-3-9(13,14)7(10)5-8(2,11)12/h7H,3-5H2,1-2H3. The first kappa shape index (κ1) is 15.7. The summed E-state index contributed by atoms with van der Waals surface area (Å²) < 4.78 is 63.4. The van der Waals surface area contributed by atoms with Crippen LogP contribution in [0.4, 0.5) is 22.0 Å². The van der Waals surface area contributed by atoms with Gasteiger partial charge >= 0.3 is 0 Å². The molecule has 0 fully saturated rings. The van der Waals surface area contributed by atoms with Crippen LogP contribution in [0.15, 0.2) is 0 Å². The Bertz CT molecular complexity index is 239. The lowest BCUT2D eigenvalue weighted by atomic mass is 10.1. The largest absolute Gasteiger partial charge is 0.288 e. The molecule has 0 aliphatic carbocycles. The maximum atomic E-state index is 13.0. The van der Waals surface area contributed by atoms with Crippen LogP contribution >= 0.6 is 11.8 Å². The van der Waals surface area contributed by atoms with Crippen molar-refractivity contribution in [3.8, 4) is 0 Å². The number of hydrogen-bond acceptors (Lipinski definition) is 2. The van der Waals surface area contributed by atoms with Gasteiger partial charge in [-0.05, 0) is 6.92 Å². The highest BCUT2D eigenvalue weighted by Crippen LogP contribution is 2.34. The van der Waals surface area contributed by atoms with Gasteiger partial charge in [0.15, 0.2) is 11.3 Å². The highest BCUT2D eigenvalue weighted by molar-refractivity contribution is 8.13. The van der Waals surface area contributed by atoms with E-state index in [1.165, 1.54) is 6.92 Å². The van der Waals surface area contributed by atoms with Crippen molar-refractivity contribution in [3.05, 3.63) is 0 Å². The average Bonchev–Trinajstić information content (AvgIpc) is 1.99. The van der Waals surface area contributed by atoms with Crippen LogP contribution in [0.2, 0.25) is 0 Å². The van der Waals surface area contributed by atoms with E-state index in [2.05, 4.69) is 0 Å². The molecule has 16 heavy (non-hydrogen) atoms. The maximum Gasteiger partial charge on any atom is 0.279 e. The van der Waals surface area contributed by atoms with E-state index >= 15 is 0 Å². The minimum Gasteiger partial charge on any atom is -0.288 e. The van der Waals surface area contributed by atoms with Crippen LogP contribution in [0.1, 0.15) is 26.7 Å². The van der Waals surface area contributed by atoms with E-state index in [9.17, 15) is 26.7 Å². The van der Waals surface area contributed by atoms with E-state index in [0.29, 0.717) is 18.7 Å². The molecule has 1 atom stereocenters. The molecular formula is C9H13F5OS. The second-order valence-corrected chi connectivity index (χ2v) is 4.86. The van der Waals surface area contributed by atoms with Crippen LogP contribution in [-0.4, -0.2) is 28.9 Å². The van der Waals surface area contributed by atoms with Gasteiger partial charge < -0.3 is 0 Å². The summed E-state index contributed by atoms with van der Waals surface area (Å²) in [7, 11) is 0. The van der Waals surface area contributed by atoms with Gasteiger partial charge in [0.05, 0.1) is 0 Å². The molecule has 1 unspecified atom stereocenters. The maximum absolute atomic E-state index is 13.0. The summed E-state index contributed by atoms with van der Waals surface area (Å²) in [5.74, 6) is -7.56. The number of hydrogen-bond donors (Lipinski definition) is 0. The van der Waals surface area contributed by atoms with E-state index in [4.69, 9.17) is 0 Å². The average molecular weight is 264 g/mol. The molecule has 0 heterocycles. The molecule has 0 aromatic rings. The van der Waals surface area contributed by atoms with Gasteiger partial charge in [-0.15, -0.1) is 0 Å². The molecular weight excluding hydrogens is 251 g/mol. The predicted octanol–water partition coefficient (Wildman–Crippen LogP) is 3.67. The minimum atomic E-state index is -3.82. The van der Waals surface area contributed by atoms with Gasteiger partial charge in [0.25, 0.3) is 5.92 Å². The highest BCUT2D eigenvalue weighted by atomic mass is 32.2. The molecule has 0 aliphatic heterocycles. The molecule has 0 radical (unpaired) electrons. The van der Waals surface area contributed by atoms with Crippen molar-refractivity contribution in [3.63, 3.8) is 0 Å². The zero-order valence-corrected chi connectivity index (χ0v) is 9.72. The van der Waals surface area contributed by atoms with Gasteiger partial charge in [-0.3, -0.25) is 4.79 Å². The fourth-order valence-corrected chi connectivity index (χ4v) is 1.61. The van der Waals surface area contributed by atoms with E-state index in [1.807, 2.05) is 0 Å². The molecule has 0 saturated heterocycles. The quantitative estimate of drug-likeness (QED) is 0.681. The number of halogens is 5. The Morgan fingerprint density at radius 2 is 1.81 bits per heavy atom. The first-order chi connectivity index (χ1) is 7.04. The van der Waals surface area contributed by atoms with E-state index in [-0.39, 0.29) is 10.9 Å². The van der Waals surface area contributed by atoms with Crippen LogP contribution in [0, 0.1) is 0 Å². The fourth-order valence-electron chi connectivity index (χ4n) is 0.951. The summed E-state index contributed by atoms with van der Waals surface area (Å²) in [4.78, 5) is 10.4. The lowest BCUT2D eigenvalue weighted by Crippen LogP contribution is -2.35. The van der Waals surface area contributed by atoms with Gasteiger partial charge in [0, 0.05) is 25.5 Å². The van der Waals surface area contributed by atoms with Crippen LogP contribution in [0.25, 0.3) is 0 Å². The van der Waals surface area contributed by atoms with Crippen molar-refractivity contribution in [2.24, 2.45) is 0 Å². The third-order valence-corrected chi connectivity index (χ3v) is 2.55. The van der Waals surface area contributed by atoms with Gasteiger partial charge in [0.1, 0.15) is 0 Å². The Labute approximate surface area is 94.8 Å². The lowest BCUT2D eigenvalue weighted by molar-refractivity contribution is -0.113. The van der Waals surface area contributed by atoms with Crippen molar-refractivity contribution in [1.29, 1.82) is 0 Å². The van der Waals surface area contributed by atoms with Crippen LogP contribution in [0.5, 0.6) is 0 Å². The Hall–Kier alpha value is -0.330. The highest BCUT2D eigenvalue weighted by Gasteiger charge is 2.44. The molecule has 0 bridgehead atoms. The fraction of sp³-hybridized carbons (Fsp3) is 0.889. The Morgan fingerprint density at radius 1 is 1.31 bits per heavy atom. The van der Waals surface area contributed by atoms with Gasteiger partial charge in [0.2, 0.25) is 5.92 Å². The smallest absolute Gasteiger partial charge is 0.279 e. The molecule has 0 saturated carbocycles. The number of thioether (sulfide) groups is 1. The van der Waals surface area contributed by atoms with Crippen molar-refractivity contribution in [1.82, 2.24) is 0 Å². The molecule has 0 amide bonds. The zero-order chi connectivity index (χ0) is 13.0. The zero-order valence-electron chi connectivity index (χ0n) is 8.90. The van der Waals surface area contributed by atoms with Crippen LogP contribution < -0.4 is 0 Å². The number of carbonyl (C=O) groups is 1. The molecule has 96 valence electrons. The first-order valence-electron chi connectivity index (χ1n) is 4.58.